The number of hydrogen-bond acceptors (Lipinski definition) is 2. The Morgan fingerprint density at radius 2 is 1.96 bits per heavy atom. The van der Waals surface area contributed by atoms with Crippen LogP contribution >= 0.6 is 0 Å². The van der Waals surface area contributed by atoms with Crippen molar-refractivity contribution in [2.24, 2.45) is 5.92 Å². The van der Waals surface area contributed by atoms with Gasteiger partial charge in [-0.05, 0) is 42.3 Å². The van der Waals surface area contributed by atoms with Crippen LogP contribution in [0.25, 0.3) is 0 Å². The largest absolute Gasteiger partial charge is 0.326 e. The van der Waals surface area contributed by atoms with Crippen LogP contribution in [0.3, 0.4) is 0 Å². The molecule has 0 saturated heterocycles. The zero-order valence-corrected chi connectivity index (χ0v) is 13.6. The van der Waals surface area contributed by atoms with Crippen molar-refractivity contribution in [2.75, 3.05) is 11.9 Å². The standard InChI is InChI=1S/C19H23FN2O/c1-3-21-13-15-7-6-9-17(12-15)22-19(23)14(2)11-16-8-4-5-10-18(16)20/h4-10,12,14,21H,3,11,13H2,1-2H3,(H,22,23). The van der Waals surface area contributed by atoms with Gasteiger partial charge in [0.05, 0.1) is 0 Å². The molecule has 2 N–H and O–H groups in total. The number of rotatable bonds is 7. The molecular formula is C19H23FN2O. The lowest BCUT2D eigenvalue weighted by Crippen LogP contribution is -2.22. The molecular weight excluding hydrogens is 291 g/mol. The van der Waals surface area contributed by atoms with Crippen molar-refractivity contribution in [3.05, 3.63) is 65.5 Å². The average Bonchev–Trinajstić information content (AvgIpc) is 2.55. The highest BCUT2D eigenvalue weighted by atomic mass is 19.1. The molecule has 2 aromatic carbocycles. The molecule has 3 nitrogen and oxygen atoms in total. The van der Waals surface area contributed by atoms with Gasteiger partial charge in [0.1, 0.15) is 5.82 Å². The van der Waals surface area contributed by atoms with Crippen molar-refractivity contribution in [1.29, 1.82) is 0 Å². The van der Waals surface area contributed by atoms with E-state index in [4.69, 9.17) is 0 Å². The predicted molar refractivity (Wildman–Crippen MR) is 91.7 cm³/mol. The Kier molecular flexibility index (Phi) is 6.29. The Bertz CT molecular complexity index is 657. The summed E-state index contributed by atoms with van der Waals surface area (Å²) in [5.41, 5.74) is 2.45. The van der Waals surface area contributed by atoms with Crippen LogP contribution in [0.15, 0.2) is 48.5 Å². The second-order valence-electron chi connectivity index (χ2n) is 5.67. The molecule has 0 bridgehead atoms. The zero-order chi connectivity index (χ0) is 16.7. The molecule has 2 rings (SSSR count). The Hall–Kier alpha value is -2.20. The van der Waals surface area contributed by atoms with E-state index in [1.54, 1.807) is 18.2 Å². The smallest absolute Gasteiger partial charge is 0.227 e. The summed E-state index contributed by atoms with van der Waals surface area (Å²) in [5, 5.41) is 6.16. The second kappa shape index (κ2) is 8.44. The van der Waals surface area contributed by atoms with Gasteiger partial charge in [0, 0.05) is 18.2 Å². The lowest BCUT2D eigenvalue weighted by molar-refractivity contribution is -0.119. The molecule has 4 heteroatoms. The third-order valence-corrected chi connectivity index (χ3v) is 3.71. The molecule has 0 heterocycles. The third kappa shape index (κ3) is 5.18. The van der Waals surface area contributed by atoms with Crippen molar-refractivity contribution in [3.63, 3.8) is 0 Å². The number of hydrogen-bond donors (Lipinski definition) is 2. The summed E-state index contributed by atoms with van der Waals surface area (Å²) in [6.45, 7) is 5.53. The van der Waals surface area contributed by atoms with Gasteiger partial charge >= 0.3 is 0 Å². The molecule has 0 saturated carbocycles. The Balaban J connectivity index is 1.97. The lowest BCUT2D eigenvalue weighted by atomic mass is 10.00. The van der Waals surface area contributed by atoms with E-state index >= 15 is 0 Å². The molecule has 122 valence electrons. The molecule has 1 amide bonds. The van der Waals surface area contributed by atoms with E-state index in [-0.39, 0.29) is 17.6 Å². The SMILES string of the molecule is CCNCc1cccc(NC(=O)C(C)Cc2ccccc2F)c1. The van der Waals surface area contributed by atoms with Crippen molar-refractivity contribution < 1.29 is 9.18 Å². The van der Waals surface area contributed by atoms with Crippen LogP contribution in [0.2, 0.25) is 0 Å². The number of carbonyl (C=O) groups is 1. The fourth-order valence-electron chi connectivity index (χ4n) is 2.38. The molecule has 0 fully saturated rings. The van der Waals surface area contributed by atoms with Crippen LogP contribution in [-0.2, 0) is 17.8 Å². The normalized spacial score (nSPS) is 12.0. The summed E-state index contributed by atoms with van der Waals surface area (Å²) in [7, 11) is 0. The maximum Gasteiger partial charge on any atom is 0.227 e. The highest BCUT2D eigenvalue weighted by Crippen LogP contribution is 2.16. The van der Waals surface area contributed by atoms with Crippen LogP contribution in [-0.4, -0.2) is 12.5 Å². The molecule has 0 aliphatic heterocycles. The van der Waals surface area contributed by atoms with Gasteiger partial charge in [0.25, 0.3) is 0 Å². The van der Waals surface area contributed by atoms with E-state index in [1.165, 1.54) is 6.07 Å². The van der Waals surface area contributed by atoms with Gasteiger partial charge in [-0.1, -0.05) is 44.2 Å². The summed E-state index contributed by atoms with van der Waals surface area (Å²) in [6, 6.07) is 14.3. The van der Waals surface area contributed by atoms with Gasteiger partial charge in [-0.2, -0.15) is 0 Å². The number of amides is 1. The minimum absolute atomic E-state index is 0.103. The van der Waals surface area contributed by atoms with E-state index < -0.39 is 0 Å². The monoisotopic (exact) mass is 314 g/mol. The first-order chi connectivity index (χ1) is 11.1. The molecule has 0 aliphatic rings. The topological polar surface area (TPSA) is 41.1 Å². The highest BCUT2D eigenvalue weighted by Gasteiger charge is 2.15. The van der Waals surface area contributed by atoms with E-state index in [0.29, 0.717) is 12.0 Å². The summed E-state index contributed by atoms with van der Waals surface area (Å²) in [5.74, 6) is -0.669. The van der Waals surface area contributed by atoms with Crippen molar-refractivity contribution in [1.82, 2.24) is 5.32 Å². The first-order valence-corrected chi connectivity index (χ1v) is 7.94. The fourth-order valence-corrected chi connectivity index (χ4v) is 2.38. The Morgan fingerprint density at radius 1 is 1.17 bits per heavy atom. The van der Waals surface area contributed by atoms with E-state index in [9.17, 15) is 9.18 Å². The number of anilines is 1. The molecule has 1 unspecified atom stereocenters. The number of nitrogens with one attached hydrogen (secondary N) is 2. The number of halogens is 1. The van der Waals surface area contributed by atoms with Gasteiger partial charge in [-0.25, -0.2) is 4.39 Å². The van der Waals surface area contributed by atoms with Crippen LogP contribution in [0.5, 0.6) is 0 Å². The lowest BCUT2D eigenvalue weighted by Gasteiger charge is -2.13. The van der Waals surface area contributed by atoms with Crippen LogP contribution in [0.4, 0.5) is 10.1 Å². The fraction of sp³-hybridized carbons (Fsp3) is 0.316. The molecule has 0 aromatic heterocycles. The first-order valence-electron chi connectivity index (χ1n) is 7.94. The summed E-state index contributed by atoms with van der Waals surface area (Å²) in [4.78, 5) is 12.3. The second-order valence-corrected chi connectivity index (χ2v) is 5.67. The quantitative estimate of drug-likeness (QED) is 0.817. The molecule has 0 aliphatic carbocycles. The minimum atomic E-state index is -0.302. The van der Waals surface area contributed by atoms with Gasteiger partial charge in [0.15, 0.2) is 0 Å². The highest BCUT2D eigenvalue weighted by molar-refractivity contribution is 5.92. The predicted octanol–water partition coefficient (Wildman–Crippen LogP) is 3.75. The zero-order valence-electron chi connectivity index (χ0n) is 13.6. The van der Waals surface area contributed by atoms with Crippen LogP contribution in [0.1, 0.15) is 25.0 Å². The Labute approximate surface area is 136 Å². The van der Waals surface area contributed by atoms with Gasteiger partial charge < -0.3 is 10.6 Å². The van der Waals surface area contributed by atoms with E-state index in [1.807, 2.05) is 31.2 Å². The third-order valence-electron chi connectivity index (χ3n) is 3.71. The summed E-state index contributed by atoms with van der Waals surface area (Å²) < 4.78 is 13.7. The van der Waals surface area contributed by atoms with Crippen molar-refractivity contribution in [3.8, 4) is 0 Å². The first kappa shape index (κ1) is 17.2. The molecule has 1 atom stereocenters. The molecule has 23 heavy (non-hydrogen) atoms. The Morgan fingerprint density at radius 3 is 2.70 bits per heavy atom. The van der Waals surface area contributed by atoms with E-state index in [2.05, 4.69) is 17.6 Å². The average molecular weight is 314 g/mol. The maximum atomic E-state index is 13.7. The number of carbonyl (C=O) groups excluding carboxylic acids is 1. The molecule has 0 radical (unpaired) electrons. The van der Waals surface area contributed by atoms with E-state index in [0.717, 1.165) is 24.3 Å². The summed E-state index contributed by atoms with van der Waals surface area (Å²) >= 11 is 0. The van der Waals surface area contributed by atoms with Gasteiger partial charge in [-0.15, -0.1) is 0 Å². The molecule has 2 aromatic rings. The van der Waals surface area contributed by atoms with Crippen LogP contribution in [0, 0.1) is 11.7 Å². The van der Waals surface area contributed by atoms with Crippen molar-refractivity contribution >= 4 is 11.6 Å². The maximum absolute atomic E-state index is 13.7. The van der Waals surface area contributed by atoms with Crippen molar-refractivity contribution in [2.45, 2.75) is 26.8 Å². The summed E-state index contributed by atoms with van der Waals surface area (Å²) in [6.07, 6.45) is 0.385. The van der Waals surface area contributed by atoms with Gasteiger partial charge in [-0.3, -0.25) is 4.79 Å². The van der Waals surface area contributed by atoms with Gasteiger partial charge in [0.2, 0.25) is 5.91 Å². The minimum Gasteiger partial charge on any atom is -0.326 e. The number of benzene rings is 2. The molecule has 0 spiro atoms. The van der Waals surface area contributed by atoms with Crippen LogP contribution < -0.4 is 10.6 Å².